The highest BCUT2D eigenvalue weighted by atomic mass is 16.4. The molecule has 1 aliphatic heterocycles. The van der Waals surface area contributed by atoms with E-state index < -0.39 is 17.5 Å². The second-order valence-electron chi connectivity index (χ2n) is 7.82. The zero-order valence-corrected chi connectivity index (χ0v) is 16.4. The number of nitrogens with zero attached hydrogens (tertiary/aromatic N) is 1. The highest BCUT2D eigenvalue weighted by molar-refractivity contribution is 5.80. The van der Waals surface area contributed by atoms with Crippen LogP contribution in [0.4, 0.5) is 0 Å². The van der Waals surface area contributed by atoms with Crippen molar-refractivity contribution in [1.82, 2.24) is 4.90 Å². The molecule has 148 valence electrons. The molecule has 1 amide bonds. The molecule has 1 heterocycles. The fourth-order valence-corrected chi connectivity index (χ4v) is 3.89. The number of β-amino-alcohol motifs (C(OH)–C–C–N with tert-alkyl or cyclic N) is 1. The normalized spacial score (nSPS) is 22.1. The van der Waals surface area contributed by atoms with E-state index in [4.69, 9.17) is 0 Å². The minimum atomic E-state index is -1.27. The molecule has 0 saturated carbocycles. The molecule has 5 heteroatoms. The number of hydrogen-bond acceptors (Lipinski definition) is 3. The number of carbonyl (C=O) groups excluding carboxylic acids is 1. The Kier molecular flexibility index (Phi) is 5.84. The van der Waals surface area contributed by atoms with Gasteiger partial charge >= 0.3 is 5.97 Å². The van der Waals surface area contributed by atoms with E-state index in [0.717, 1.165) is 16.7 Å². The first-order valence-electron chi connectivity index (χ1n) is 9.61. The molecule has 1 unspecified atom stereocenters. The Bertz CT molecular complexity index is 864. The van der Waals surface area contributed by atoms with Crippen LogP contribution in [0, 0.1) is 19.3 Å². The summed E-state index contributed by atoms with van der Waals surface area (Å²) in [6.07, 6.45) is -0.365. The van der Waals surface area contributed by atoms with Crippen molar-refractivity contribution in [2.75, 3.05) is 13.1 Å². The summed E-state index contributed by atoms with van der Waals surface area (Å²) >= 11 is 0. The van der Waals surface area contributed by atoms with Gasteiger partial charge in [0.2, 0.25) is 5.91 Å². The Morgan fingerprint density at radius 3 is 2.39 bits per heavy atom. The Morgan fingerprint density at radius 1 is 1.07 bits per heavy atom. The number of amides is 1. The van der Waals surface area contributed by atoms with Gasteiger partial charge in [0.05, 0.1) is 12.5 Å². The highest BCUT2D eigenvalue weighted by Gasteiger charge is 2.49. The van der Waals surface area contributed by atoms with Crippen LogP contribution in [-0.4, -0.2) is 46.2 Å². The molecule has 2 aromatic rings. The third kappa shape index (κ3) is 4.09. The van der Waals surface area contributed by atoms with Crippen molar-refractivity contribution in [3.8, 4) is 0 Å². The van der Waals surface area contributed by atoms with Crippen molar-refractivity contribution >= 4 is 11.9 Å². The molecule has 0 spiro atoms. The third-order valence-corrected chi connectivity index (χ3v) is 5.93. The molecule has 0 aliphatic carbocycles. The van der Waals surface area contributed by atoms with Crippen molar-refractivity contribution in [3.63, 3.8) is 0 Å². The molecule has 1 saturated heterocycles. The zero-order valence-electron chi connectivity index (χ0n) is 16.4. The standard InChI is InChI=1S/C23H27NO4/c1-16-8-9-19(12-17(16)2)13-21(26)24-11-10-23(22(27)28,20(25)15-24)14-18-6-4-3-5-7-18/h3-9,12,20,25H,10-11,13-15H2,1-2H3,(H,27,28)/t20?,23-/m1/s1. The molecule has 2 atom stereocenters. The summed E-state index contributed by atoms with van der Waals surface area (Å²) in [4.78, 5) is 26.4. The number of rotatable bonds is 5. The number of likely N-dealkylation sites (tertiary alicyclic amines) is 1. The van der Waals surface area contributed by atoms with Crippen LogP contribution >= 0.6 is 0 Å². The van der Waals surface area contributed by atoms with Gasteiger partial charge in [-0.2, -0.15) is 0 Å². The predicted molar refractivity (Wildman–Crippen MR) is 107 cm³/mol. The van der Waals surface area contributed by atoms with Gasteiger partial charge in [0.25, 0.3) is 0 Å². The van der Waals surface area contributed by atoms with E-state index in [2.05, 4.69) is 0 Å². The van der Waals surface area contributed by atoms with Crippen LogP contribution in [0.3, 0.4) is 0 Å². The third-order valence-electron chi connectivity index (χ3n) is 5.93. The maximum Gasteiger partial charge on any atom is 0.312 e. The first-order chi connectivity index (χ1) is 13.3. The molecular formula is C23H27NO4. The average Bonchev–Trinajstić information content (AvgIpc) is 2.67. The SMILES string of the molecule is Cc1ccc(CC(=O)N2CC[C@](Cc3ccccc3)(C(=O)O)C(O)C2)cc1C. The number of aryl methyl sites for hydroxylation is 2. The van der Waals surface area contributed by atoms with Gasteiger partial charge in [-0.1, -0.05) is 48.5 Å². The lowest BCUT2D eigenvalue weighted by molar-refractivity contribution is -0.165. The molecule has 28 heavy (non-hydrogen) atoms. The molecule has 0 radical (unpaired) electrons. The second kappa shape index (κ2) is 8.15. The van der Waals surface area contributed by atoms with E-state index in [-0.39, 0.29) is 31.7 Å². The number of carbonyl (C=O) groups is 2. The lowest BCUT2D eigenvalue weighted by atomic mass is 9.71. The van der Waals surface area contributed by atoms with Gasteiger partial charge in [-0.15, -0.1) is 0 Å². The molecule has 2 N–H and O–H groups in total. The number of aliphatic hydroxyl groups is 1. The topological polar surface area (TPSA) is 77.8 Å². The van der Waals surface area contributed by atoms with E-state index >= 15 is 0 Å². The van der Waals surface area contributed by atoms with Crippen LogP contribution in [0.5, 0.6) is 0 Å². The Hall–Kier alpha value is -2.66. The molecule has 1 fully saturated rings. The molecule has 0 bridgehead atoms. The summed E-state index contributed by atoms with van der Waals surface area (Å²) in [6, 6.07) is 15.3. The summed E-state index contributed by atoms with van der Waals surface area (Å²) in [5.74, 6) is -1.09. The van der Waals surface area contributed by atoms with Crippen molar-refractivity contribution in [3.05, 3.63) is 70.8 Å². The van der Waals surface area contributed by atoms with Crippen LogP contribution in [0.1, 0.15) is 28.7 Å². The monoisotopic (exact) mass is 381 g/mol. The molecule has 3 rings (SSSR count). The number of hydrogen-bond donors (Lipinski definition) is 2. The molecule has 1 aliphatic rings. The Morgan fingerprint density at radius 2 is 1.79 bits per heavy atom. The smallest absolute Gasteiger partial charge is 0.312 e. The van der Waals surface area contributed by atoms with Gasteiger partial charge in [-0.05, 0) is 48.9 Å². The zero-order chi connectivity index (χ0) is 20.3. The fraction of sp³-hybridized carbons (Fsp3) is 0.391. The number of aliphatic carboxylic acids is 1. The molecular weight excluding hydrogens is 354 g/mol. The van der Waals surface area contributed by atoms with E-state index in [0.29, 0.717) is 6.54 Å². The van der Waals surface area contributed by atoms with Crippen LogP contribution in [0.15, 0.2) is 48.5 Å². The lowest BCUT2D eigenvalue weighted by Crippen LogP contribution is -2.57. The maximum atomic E-state index is 12.7. The Balaban J connectivity index is 1.71. The number of carboxylic acid groups (broad SMARTS) is 1. The highest BCUT2D eigenvalue weighted by Crippen LogP contribution is 2.36. The largest absolute Gasteiger partial charge is 0.481 e. The number of carboxylic acids is 1. The first kappa shape index (κ1) is 20.1. The van der Waals surface area contributed by atoms with Crippen LogP contribution in [0.25, 0.3) is 0 Å². The number of aliphatic hydroxyl groups excluding tert-OH is 1. The lowest BCUT2D eigenvalue weighted by Gasteiger charge is -2.43. The van der Waals surface area contributed by atoms with Crippen LogP contribution < -0.4 is 0 Å². The van der Waals surface area contributed by atoms with Crippen molar-refractivity contribution in [2.24, 2.45) is 5.41 Å². The van der Waals surface area contributed by atoms with Crippen molar-refractivity contribution in [2.45, 2.75) is 39.2 Å². The number of benzene rings is 2. The van der Waals surface area contributed by atoms with Gasteiger partial charge in [0, 0.05) is 13.1 Å². The summed E-state index contributed by atoms with van der Waals surface area (Å²) in [6.45, 7) is 4.42. The van der Waals surface area contributed by atoms with Crippen LogP contribution in [-0.2, 0) is 22.4 Å². The van der Waals surface area contributed by atoms with Crippen LogP contribution in [0.2, 0.25) is 0 Å². The number of piperidine rings is 1. The summed E-state index contributed by atoms with van der Waals surface area (Å²) < 4.78 is 0. The van der Waals surface area contributed by atoms with Crippen molar-refractivity contribution < 1.29 is 19.8 Å². The van der Waals surface area contributed by atoms with Gasteiger partial charge < -0.3 is 15.1 Å². The Labute approximate surface area is 165 Å². The summed E-state index contributed by atoms with van der Waals surface area (Å²) in [5.41, 5.74) is 2.85. The van der Waals surface area contributed by atoms with Crippen molar-refractivity contribution in [1.29, 1.82) is 0 Å². The van der Waals surface area contributed by atoms with E-state index in [1.54, 1.807) is 4.90 Å². The van der Waals surface area contributed by atoms with E-state index in [1.165, 1.54) is 5.56 Å². The molecule has 0 aromatic heterocycles. The quantitative estimate of drug-likeness (QED) is 0.835. The van der Waals surface area contributed by atoms with Gasteiger partial charge in [-0.3, -0.25) is 9.59 Å². The summed E-state index contributed by atoms with van der Waals surface area (Å²) in [7, 11) is 0. The van der Waals surface area contributed by atoms with Gasteiger partial charge in [0.15, 0.2) is 0 Å². The molecule has 2 aromatic carbocycles. The second-order valence-corrected chi connectivity index (χ2v) is 7.82. The van der Waals surface area contributed by atoms with Gasteiger partial charge in [-0.25, -0.2) is 0 Å². The summed E-state index contributed by atoms with van der Waals surface area (Å²) in [5, 5.41) is 20.6. The first-order valence-corrected chi connectivity index (χ1v) is 9.61. The minimum absolute atomic E-state index is 0.0445. The maximum absolute atomic E-state index is 12.7. The average molecular weight is 381 g/mol. The predicted octanol–water partition coefficient (Wildman–Crippen LogP) is 2.75. The minimum Gasteiger partial charge on any atom is -0.481 e. The molecule has 5 nitrogen and oxygen atoms in total. The van der Waals surface area contributed by atoms with E-state index in [1.807, 2.05) is 62.4 Å². The van der Waals surface area contributed by atoms with Gasteiger partial charge in [0.1, 0.15) is 5.41 Å². The van der Waals surface area contributed by atoms with E-state index in [9.17, 15) is 19.8 Å². The fourth-order valence-electron chi connectivity index (χ4n) is 3.89.